The maximum atomic E-state index is 0. The summed E-state index contributed by atoms with van der Waals surface area (Å²) in [5.74, 6) is 0. The molecule has 0 aromatic rings. The molecule has 0 radical (unpaired) electrons. The minimum absolute atomic E-state index is 0. The fourth-order valence-corrected chi connectivity index (χ4v) is 0. The first-order chi connectivity index (χ1) is 0. The topological polar surface area (TPSA) is 0 Å². The van der Waals surface area contributed by atoms with Crippen LogP contribution in [-0.4, -0.2) is 28.3 Å². The van der Waals surface area contributed by atoms with E-state index in [0.29, 0.717) is 0 Å². The van der Waals surface area contributed by atoms with Gasteiger partial charge in [0.2, 0.25) is 0 Å². The molecule has 0 nitrogen and oxygen atoms in total. The normalized spacial score (nSPS) is 0. The van der Waals surface area contributed by atoms with Crippen LogP contribution in [0, 0.1) is 0 Å². The summed E-state index contributed by atoms with van der Waals surface area (Å²) in [6.45, 7) is 0. The summed E-state index contributed by atoms with van der Waals surface area (Å²) < 4.78 is 0. The molecule has 0 fully saturated rings. The van der Waals surface area contributed by atoms with Crippen molar-refractivity contribution >= 4 is 40.7 Å². The predicted octanol–water partition coefficient (Wildman–Crippen LogP) is -5.10. The zero-order chi connectivity index (χ0) is 0. The fourth-order valence-electron chi connectivity index (χ4n) is 0. The number of rotatable bonds is 0. The molecule has 0 rings (SSSR count). The summed E-state index contributed by atoms with van der Waals surface area (Å²) in [5.41, 5.74) is 0. The number of halogens is 1. The molecule has 0 aromatic heterocycles. The Kier molecular flexibility index (Phi) is 182. The summed E-state index contributed by atoms with van der Waals surface area (Å²) in [6, 6.07) is 0. The van der Waals surface area contributed by atoms with Crippen LogP contribution in [0.25, 0.3) is 0 Å². The van der Waals surface area contributed by atoms with E-state index in [1.165, 1.54) is 0 Å². The summed E-state index contributed by atoms with van der Waals surface area (Å²) in [7, 11) is 0. The van der Waals surface area contributed by atoms with E-state index in [4.69, 9.17) is 0 Å². The smallest absolute Gasteiger partial charge is 1.00 e. The zero-order valence-electron chi connectivity index (χ0n) is 2.41. The molecular formula is H9AlClNaSi. The van der Waals surface area contributed by atoms with Gasteiger partial charge in [-0.2, -0.15) is 0 Å². The van der Waals surface area contributed by atoms with E-state index in [-0.39, 0.29) is 71.7 Å². The zero-order valence-corrected chi connectivity index (χ0v) is 4.22. The van der Waals surface area contributed by atoms with Crippen molar-refractivity contribution in [1.29, 1.82) is 0 Å². The van der Waals surface area contributed by atoms with Gasteiger partial charge in [-0.05, 0) is 11.0 Å². The average molecular weight is 123 g/mol. The summed E-state index contributed by atoms with van der Waals surface area (Å²) >= 11 is 0. The maximum Gasteiger partial charge on any atom is 1.00 e. The van der Waals surface area contributed by atoms with Gasteiger partial charge in [-0.1, -0.05) is 0 Å². The quantitative estimate of drug-likeness (QED) is 0.282. The van der Waals surface area contributed by atoms with Crippen molar-refractivity contribution in [3.8, 4) is 0 Å². The molecule has 0 aromatic carbocycles. The van der Waals surface area contributed by atoms with Gasteiger partial charge in [0.25, 0.3) is 0 Å². The minimum atomic E-state index is 0. The van der Waals surface area contributed by atoms with Gasteiger partial charge in [0.1, 0.15) is 0 Å². The van der Waals surface area contributed by atoms with Gasteiger partial charge in [0.05, 0.1) is 0 Å². The van der Waals surface area contributed by atoms with Crippen LogP contribution in [-0.2, 0) is 0 Å². The van der Waals surface area contributed by atoms with Gasteiger partial charge in [0.15, 0.2) is 17.4 Å². The SMILES string of the molecule is Cl.[AlH3].[H-].[Na+].[SiH4]. The minimum Gasteiger partial charge on any atom is -1.00 e. The second kappa shape index (κ2) is 19.8. The van der Waals surface area contributed by atoms with Crippen LogP contribution in [0.3, 0.4) is 0 Å². The Hall–Kier alpha value is 2.04. The van der Waals surface area contributed by atoms with Crippen molar-refractivity contribution in [1.82, 2.24) is 0 Å². The Morgan fingerprint density at radius 1 is 1.25 bits per heavy atom. The van der Waals surface area contributed by atoms with Gasteiger partial charge in [0, 0.05) is 0 Å². The van der Waals surface area contributed by atoms with Crippen LogP contribution in [0.1, 0.15) is 1.43 Å². The molecule has 0 unspecified atom stereocenters. The van der Waals surface area contributed by atoms with Crippen LogP contribution in [0.2, 0.25) is 0 Å². The molecule has 24 valence electrons. The molecule has 0 saturated heterocycles. The molecule has 0 atom stereocenters. The molecule has 0 N–H and O–H groups in total. The largest absolute Gasteiger partial charge is 1.00 e. The van der Waals surface area contributed by atoms with Crippen molar-refractivity contribution in [3.63, 3.8) is 0 Å². The second-order valence-electron chi connectivity index (χ2n) is 0. The van der Waals surface area contributed by atoms with Gasteiger partial charge in [-0.3, -0.25) is 0 Å². The van der Waals surface area contributed by atoms with Gasteiger partial charge < -0.3 is 1.43 Å². The molecule has 4 heteroatoms. The summed E-state index contributed by atoms with van der Waals surface area (Å²) in [6.07, 6.45) is 0. The van der Waals surface area contributed by atoms with E-state index in [1.54, 1.807) is 0 Å². The van der Waals surface area contributed by atoms with Crippen molar-refractivity contribution < 1.29 is 31.0 Å². The monoisotopic (exact) mass is 122 g/mol. The fraction of sp³-hybridized carbons (Fsp3) is 0. The molecule has 0 aliphatic carbocycles. The molecule has 0 saturated carbocycles. The van der Waals surface area contributed by atoms with Crippen molar-refractivity contribution in [2.45, 2.75) is 0 Å². The van der Waals surface area contributed by atoms with Crippen LogP contribution < -0.4 is 29.6 Å². The van der Waals surface area contributed by atoms with Crippen LogP contribution in [0.4, 0.5) is 0 Å². The first-order valence-corrected chi connectivity index (χ1v) is 0. The Bertz CT molecular complexity index is 11.6. The molecular weight excluding hydrogens is 114 g/mol. The molecule has 0 bridgehead atoms. The molecule has 0 heterocycles. The van der Waals surface area contributed by atoms with E-state index in [1.807, 2.05) is 0 Å². The van der Waals surface area contributed by atoms with Crippen molar-refractivity contribution in [2.24, 2.45) is 0 Å². The Balaban J connectivity index is 0. The predicted molar refractivity (Wildman–Crippen MR) is 29.6 cm³/mol. The van der Waals surface area contributed by atoms with Crippen molar-refractivity contribution in [3.05, 3.63) is 0 Å². The summed E-state index contributed by atoms with van der Waals surface area (Å²) in [5, 5.41) is 0. The third-order valence-electron chi connectivity index (χ3n) is 0. The maximum absolute atomic E-state index is 0. The Labute approximate surface area is 71.1 Å². The van der Waals surface area contributed by atoms with E-state index in [2.05, 4.69) is 0 Å². The Morgan fingerprint density at radius 2 is 1.25 bits per heavy atom. The van der Waals surface area contributed by atoms with E-state index in [0.717, 1.165) is 0 Å². The van der Waals surface area contributed by atoms with Gasteiger partial charge >= 0.3 is 29.6 Å². The van der Waals surface area contributed by atoms with E-state index < -0.39 is 0 Å². The van der Waals surface area contributed by atoms with Gasteiger partial charge in [-0.25, -0.2) is 0 Å². The average Bonchev–Trinajstić information content (AvgIpc) is 0. The molecule has 0 amide bonds. The van der Waals surface area contributed by atoms with Crippen LogP contribution in [0.5, 0.6) is 0 Å². The molecule has 4 heavy (non-hydrogen) atoms. The summed E-state index contributed by atoms with van der Waals surface area (Å²) in [4.78, 5) is 0. The van der Waals surface area contributed by atoms with Crippen molar-refractivity contribution in [2.75, 3.05) is 0 Å². The van der Waals surface area contributed by atoms with E-state index in [9.17, 15) is 0 Å². The van der Waals surface area contributed by atoms with Gasteiger partial charge in [-0.15, -0.1) is 12.4 Å². The number of hydrogen-bond donors (Lipinski definition) is 0. The second-order valence-corrected chi connectivity index (χ2v) is 0. The standard InChI is InChI=1S/Al.ClH.Na.H4Si.4H/h;1H;;1H4;;;;/q;;+1;;;;;-1. The van der Waals surface area contributed by atoms with Crippen LogP contribution in [0.15, 0.2) is 0 Å². The first-order valence-electron chi connectivity index (χ1n) is 0. The molecule has 0 aliphatic heterocycles. The first kappa shape index (κ1) is 36.9. The number of hydrogen-bond acceptors (Lipinski definition) is 0. The molecule has 0 spiro atoms. The third-order valence-corrected chi connectivity index (χ3v) is 0. The Morgan fingerprint density at radius 3 is 1.25 bits per heavy atom. The molecule has 0 aliphatic rings. The third kappa shape index (κ3) is 8.97. The van der Waals surface area contributed by atoms with E-state index >= 15 is 0 Å². The van der Waals surface area contributed by atoms with Crippen LogP contribution >= 0.6 is 12.4 Å².